The van der Waals surface area contributed by atoms with Gasteiger partial charge in [0.2, 0.25) is 0 Å². The molecule has 28 heavy (non-hydrogen) atoms. The zero-order chi connectivity index (χ0) is 20.5. The van der Waals surface area contributed by atoms with Gasteiger partial charge in [-0.3, -0.25) is 9.59 Å². The number of hydrogen-bond donors (Lipinski definition) is 1. The molecule has 1 aromatic heterocycles. The van der Waals surface area contributed by atoms with E-state index in [4.69, 9.17) is 37.4 Å². The molecule has 0 unspecified atom stereocenters. The fourth-order valence-electron chi connectivity index (χ4n) is 2.08. The average molecular weight is 427 g/mol. The Labute approximate surface area is 172 Å². The van der Waals surface area contributed by atoms with Gasteiger partial charge in [-0.1, -0.05) is 23.2 Å². The van der Waals surface area contributed by atoms with E-state index in [0.29, 0.717) is 22.9 Å². The van der Waals surface area contributed by atoms with E-state index in [1.54, 1.807) is 31.2 Å². The molecule has 0 radical (unpaired) electrons. The second-order valence-corrected chi connectivity index (χ2v) is 6.39. The van der Waals surface area contributed by atoms with Crippen molar-refractivity contribution in [3.8, 4) is 11.5 Å². The third-order valence-corrected chi connectivity index (χ3v) is 4.38. The van der Waals surface area contributed by atoms with Crippen LogP contribution in [0.4, 0.5) is 5.82 Å². The normalized spacial score (nSPS) is 10.3. The average Bonchev–Trinajstić information content (AvgIpc) is 2.68. The highest BCUT2D eigenvalue weighted by atomic mass is 35.5. The zero-order valence-electron chi connectivity index (χ0n) is 15.5. The van der Waals surface area contributed by atoms with Crippen LogP contribution in [0.2, 0.25) is 10.0 Å². The number of rotatable bonds is 9. The van der Waals surface area contributed by atoms with Crippen LogP contribution in [0, 0.1) is 6.92 Å². The van der Waals surface area contributed by atoms with Crippen molar-refractivity contribution in [2.45, 2.75) is 20.3 Å². The predicted molar refractivity (Wildman–Crippen MR) is 106 cm³/mol. The van der Waals surface area contributed by atoms with E-state index in [9.17, 15) is 9.59 Å². The highest BCUT2D eigenvalue weighted by Gasteiger charge is 2.13. The minimum atomic E-state index is -0.563. The van der Waals surface area contributed by atoms with Crippen molar-refractivity contribution < 1.29 is 23.8 Å². The minimum absolute atomic E-state index is 0.000446. The molecule has 0 atom stereocenters. The number of nitrogens with one attached hydrogen (secondary N) is 1. The summed E-state index contributed by atoms with van der Waals surface area (Å²) in [6, 6.07) is 7.04. The van der Waals surface area contributed by atoms with E-state index in [-0.39, 0.29) is 23.9 Å². The van der Waals surface area contributed by atoms with Crippen LogP contribution in [0.15, 0.2) is 30.5 Å². The van der Waals surface area contributed by atoms with E-state index < -0.39 is 18.5 Å². The lowest BCUT2D eigenvalue weighted by Gasteiger charge is -2.10. The summed E-state index contributed by atoms with van der Waals surface area (Å²) < 4.78 is 15.7. The number of carbonyl (C=O) groups is 2. The molecule has 0 aliphatic carbocycles. The zero-order valence-corrected chi connectivity index (χ0v) is 17.0. The molecule has 2 rings (SSSR count). The Morgan fingerprint density at radius 3 is 2.39 bits per heavy atom. The maximum atomic E-state index is 11.9. The van der Waals surface area contributed by atoms with E-state index in [1.807, 2.05) is 6.92 Å². The molecule has 0 spiro atoms. The number of carbonyl (C=O) groups excluding carboxylic acids is 2. The van der Waals surface area contributed by atoms with Gasteiger partial charge in [-0.15, -0.1) is 0 Å². The number of nitrogens with zero attached hydrogens (tertiary/aromatic N) is 1. The lowest BCUT2D eigenvalue weighted by molar-refractivity contribution is -0.147. The van der Waals surface area contributed by atoms with Gasteiger partial charge in [0.05, 0.1) is 29.7 Å². The smallest absolute Gasteiger partial charge is 0.309 e. The molecule has 7 nitrogen and oxygen atoms in total. The van der Waals surface area contributed by atoms with Crippen LogP contribution < -0.4 is 14.8 Å². The third kappa shape index (κ3) is 6.58. The van der Waals surface area contributed by atoms with Crippen LogP contribution >= 0.6 is 23.2 Å². The third-order valence-electron chi connectivity index (χ3n) is 3.53. The van der Waals surface area contributed by atoms with Crippen LogP contribution in [-0.4, -0.2) is 36.7 Å². The summed E-state index contributed by atoms with van der Waals surface area (Å²) in [5, 5.41) is 3.09. The van der Waals surface area contributed by atoms with Crippen LogP contribution in [-0.2, 0) is 14.3 Å². The Kier molecular flexibility index (Phi) is 8.35. The SMILES string of the molecule is CCOc1ccc(OCCC(=O)OCC(=O)Nc2ncc(Cl)c(C)c2Cl)cc1. The number of amides is 1. The molecule has 9 heteroatoms. The summed E-state index contributed by atoms with van der Waals surface area (Å²) in [6.07, 6.45) is 1.38. The number of esters is 1. The first kappa shape index (κ1) is 21.8. The Morgan fingerprint density at radius 2 is 1.75 bits per heavy atom. The van der Waals surface area contributed by atoms with Crippen molar-refractivity contribution in [3.05, 3.63) is 46.1 Å². The molecule has 150 valence electrons. The molecule has 0 aliphatic heterocycles. The summed E-state index contributed by atoms with van der Waals surface area (Å²) in [7, 11) is 0. The molecule has 0 fully saturated rings. The topological polar surface area (TPSA) is 86.8 Å². The van der Waals surface area contributed by atoms with Crippen LogP contribution in [0.3, 0.4) is 0 Å². The van der Waals surface area contributed by atoms with Gasteiger partial charge in [-0.05, 0) is 43.7 Å². The standard InChI is InChI=1S/C19H20Cl2N2O5/c1-3-26-13-4-6-14(7-5-13)27-9-8-17(25)28-11-16(24)23-19-18(21)12(2)15(20)10-22-19/h4-7,10H,3,8-9,11H2,1-2H3,(H,22,23,24). The molecule has 0 saturated heterocycles. The Hall–Kier alpha value is -2.51. The second kappa shape index (κ2) is 10.7. The highest BCUT2D eigenvalue weighted by molar-refractivity contribution is 6.37. The summed E-state index contributed by atoms with van der Waals surface area (Å²) in [6.45, 7) is 3.85. The van der Waals surface area contributed by atoms with Gasteiger partial charge < -0.3 is 19.5 Å². The maximum Gasteiger partial charge on any atom is 0.309 e. The number of hydrogen-bond acceptors (Lipinski definition) is 6. The molecule has 0 bridgehead atoms. The van der Waals surface area contributed by atoms with Crippen molar-refractivity contribution in [2.24, 2.45) is 0 Å². The highest BCUT2D eigenvalue weighted by Crippen LogP contribution is 2.28. The first-order valence-corrected chi connectivity index (χ1v) is 9.28. The summed E-state index contributed by atoms with van der Waals surface area (Å²) >= 11 is 12.0. The Morgan fingerprint density at radius 1 is 1.11 bits per heavy atom. The van der Waals surface area contributed by atoms with Crippen molar-refractivity contribution >= 4 is 40.9 Å². The second-order valence-electron chi connectivity index (χ2n) is 5.61. The molecule has 1 amide bonds. The molecule has 1 heterocycles. The van der Waals surface area contributed by atoms with Gasteiger partial charge in [0.1, 0.15) is 11.5 Å². The number of ether oxygens (including phenoxy) is 3. The summed E-state index contributed by atoms with van der Waals surface area (Å²) in [4.78, 5) is 27.6. The monoisotopic (exact) mass is 426 g/mol. The van der Waals surface area contributed by atoms with Gasteiger partial charge in [0.15, 0.2) is 12.4 Å². The van der Waals surface area contributed by atoms with E-state index >= 15 is 0 Å². The molecule has 1 aromatic carbocycles. The summed E-state index contributed by atoms with van der Waals surface area (Å²) in [5.74, 6) is 0.381. The van der Waals surface area contributed by atoms with Gasteiger partial charge in [0, 0.05) is 6.20 Å². The molecule has 1 N–H and O–H groups in total. The van der Waals surface area contributed by atoms with Gasteiger partial charge in [-0.2, -0.15) is 0 Å². The molecule has 0 aliphatic rings. The summed E-state index contributed by atoms with van der Waals surface area (Å²) in [5.41, 5.74) is 0.595. The van der Waals surface area contributed by atoms with E-state index in [1.165, 1.54) is 6.20 Å². The Bertz CT molecular complexity index is 828. The maximum absolute atomic E-state index is 11.9. The first-order valence-electron chi connectivity index (χ1n) is 8.52. The van der Waals surface area contributed by atoms with E-state index in [2.05, 4.69) is 10.3 Å². The van der Waals surface area contributed by atoms with Crippen molar-refractivity contribution in [3.63, 3.8) is 0 Å². The number of anilines is 1. The van der Waals surface area contributed by atoms with Crippen LogP contribution in [0.1, 0.15) is 18.9 Å². The van der Waals surface area contributed by atoms with Gasteiger partial charge in [0.25, 0.3) is 5.91 Å². The number of halogens is 2. The van der Waals surface area contributed by atoms with Crippen molar-refractivity contribution in [1.82, 2.24) is 4.98 Å². The van der Waals surface area contributed by atoms with Crippen molar-refractivity contribution in [2.75, 3.05) is 25.1 Å². The van der Waals surface area contributed by atoms with Crippen LogP contribution in [0.25, 0.3) is 0 Å². The van der Waals surface area contributed by atoms with E-state index in [0.717, 1.165) is 5.75 Å². The quantitative estimate of drug-likeness (QED) is 0.608. The number of pyridine rings is 1. The molecular formula is C19H20Cl2N2O5. The van der Waals surface area contributed by atoms with Crippen molar-refractivity contribution in [1.29, 1.82) is 0 Å². The Balaban J connectivity index is 1.70. The molecule has 0 saturated carbocycles. The first-order chi connectivity index (χ1) is 13.4. The number of aromatic nitrogens is 1. The van der Waals surface area contributed by atoms with Crippen LogP contribution in [0.5, 0.6) is 11.5 Å². The molecular weight excluding hydrogens is 407 g/mol. The van der Waals surface area contributed by atoms with Gasteiger partial charge in [-0.25, -0.2) is 4.98 Å². The lowest BCUT2D eigenvalue weighted by Crippen LogP contribution is -2.22. The fourth-order valence-corrected chi connectivity index (χ4v) is 2.47. The molecule has 2 aromatic rings. The predicted octanol–water partition coefficient (Wildman–Crippen LogP) is 4.05. The van der Waals surface area contributed by atoms with Gasteiger partial charge >= 0.3 is 5.97 Å². The fraction of sp³-hybridized carbons (Fsp3) is 0.316. The largest absolute Gasteiger partial charge is 0.494 e. The lowest BCUT2D eigenvalue weighted by atomic mass is 10.3. The number of benzene rings is 1. The minimum Gasteiger partial charge on any atom is -0.494 e.